The summed E-state index contributed by atoms with van der Waals surface area (Å²) < 4.78 is 35.3. The second kappa shape index (κ2) is 6.88. The van der Waals surface area contributed by atoms with Gasteiger partial charge in [0.25, 0.3) is 0 Å². The van der Waals surface area contributed by atoms with Gasteiger partial charge in [0.1, 0.15) is 15.7 Å². The molecule has 0 bridgehead atoms. The second-order valence-electron chi connectivity index (χ2n) is 4.45. The summed E-state index contributed by atoms with van der Waals surface area (Å²) in [5.41, 5.74) is 0.600. The van der Waals surface area contributed by atoms with E-state index in [1.807, 2.05) is 6.92 Å². The highest BCUT2D eigenvalue weighted by molar-refractivity contribution is 7.90. The van der Waals surface area contributed by atoms with E-state index in [2.05, 4.69) is 5.32 Å². The number of hydrogen-bond donors (Lipinski definition) is 1. The van der Waals surface area contributed by atoms with Crippen molar-refractivity contribution in [3.63, 3.8) is 0 Å². The highest BCUT2D eigenvalue weighted by atomic mass is 35.5. The van der Waals surface area contributed by atoms with Gasteiger partial charge in [-0.2, -0.15) is 0 Å². The van der Waals surface area contributed by atoms with Crippen LogP contribution in [-0.2, 0) is 9.84 Å². The van der Waals surface area contributed by atoms with Crippen LogP contribution in [0.15, 0.2) is 12.1 Å². The molecule has 1 aromatic carbocycles. The van der Waals surface area contributed by atoms with Gasteiger partial charge in [-0.3, -0.25) is 0 Å². The van der Waals surface area contributed by atoms with E-state index < -0.39 is 15.7 Å². The third-order valence-corrected chi connectivity index (χ3v) is 4.30. The molecule has 0 aliphatic carbocycles. The normalized spacial score (nSPS) is 13.5. The van der Waals surface area contributed by atoms with Crippen LogP contribution in [0.2, 0.25) is 10.0 Å². The second-order valence-corrected chi connectivity index (χ2v) is 7.52. The third kappa shape index (κ3) is 5.65. The van der Waals surface area contributed by atoms with E-state index in [0.29, 0.717) is 23.6 Å². The Bertz CT molecular complexity index is 549. The Morgan fingerprint density at radius 3 is 2.53 bits per heavy atom. The number of benzene rings is 1. The number of nitrogens with one attached hydrogen (secondary N) is 1. The Labute approximate surface area is 123 Å². The first-order valence-corrected chi connectivity index (χ1v) is 8.58. The van der Waals surface area contributed by atoms with E-state index >= 15 is 0 Å². The molecule has 0 aromatic heterocycles. The molecule has 0 aliphatic rings. The minimum absolute atomic E-state index is 0.0157. The molecule has 1 unspecified atom stereocenters. The van der Waals surface area contributed by atoms with Crippen LogP contribution in [0, 0.1) is 5.82 Å². The van der Waals surface area contributed by atoms with Gasteiger partial charge >= 0.3 is 0 Å². The van der Waals surface area contributed by atoms with Crippen molar-refractivity contribution in [1.29, 1.82) is 0 Å². The SMILES string of the molecule is CC(NCCCS(C)(=O)=O)c1cc(F)c(Cl)cc1Cl. The predicted octanol–water partition coefficient (Wildman–Crippen LogP) is 3.22. The molecule has 7 heteroatoms. The molecule has 1 aromatic rings. The molecule has 0 fully saturated rings. The fraction of sp³-hybridized carbons (Fsp3) is 0.500. The molecule has 0 saturated heterocycles. The van der Waals surface area contributed by atoms with E-state index in [0.717, 1.165) is 0 Å². The first-order chi connectivity index (χ1) is 8.70. The van der Waals surface area contributed by atoms with Gasteiger partial charge < -0.3 is 5.32 Å². The van der Waals surface area contributed by atoms with Crippen LogP contribution in [-0.4, -0.2) is 27.0 Å². The molecule has 0 aliphatic heterocycles. The summed E-state index contributed by atoms with van der Waals surface area (Å²) in [6, 6.07) is 2.47. The van der Waals surface area contributed by atoms with Gasteiger partial charge in [0.15, 0.2) is 0 Å². The van der Waals surface area contributed by atoms with Crippen LogP contribution in [0.5, 0.6) is 0 Å². The Kier molecular flexibility index (Phi) is 6.05. The van der Waals surface area contributed by atoms with E-state index in [4.69, 9.17) is 23.2 Å². The fourth-order valence-electron chi connectivity index (χ4n) is 1.63. The zero-order valence-electron chi connectivity index (χ0n) is 10.7. The molecule has 3 nitrogen and oxygen atoms in total. The lowest BCUT2D eigenvalue weighted by Crippen LogP contribution is -2.22. The maximum absolute atomic E-state index is 13.4. The van der Waals surface area contributed by atoms with Crippen LogP contribution in [0.1, 0.15) is 24.9 Å². The Hall–Kier alpha value is -0.360. The quantitative estimate of drug-likeness (QED) is 0.644. The first-order valence-electron chi connectivity index (χ1n) is 5.76. The summed E-state index contributed by atoms with van der Waals surface area (Å²) in [6.07, 6.45) is 1.69. The summed E-state index contributed by atoms with van der Waals surface area (Å²) in [5.74, 6) is -0.402. The lowest BCUT2D eigenvalue weighted by atomic mass is 10.1. The summed E-state index contributed by atoms with van der Waals surface area (Å²) >= 11 is 11.6. The highest BCUT2D eigenvalue weighted by Crippen LogP contribution is 2.28. The smallest absolute Gasteiger partial charge is 0.147 e. The van der Waals surface area contributed by atoms with Crippen molar-refractivity contribution >= 4 is 33.0 Å². The molecule has 1 N–H and O–H groups in total. The summed E-state index contributed by atoms with van der Waals surface area (Å²) in [6.45, 7) is 2.34. The molecule has 0 heterocycles. The molecule has 1 rings (SSSR count). The van der Waals surface area contributed by atoms with Crippen molar-refractivity contribution in [3.8, 4) is 0 Å². The molecule has 1 atom stereocenters. The van der Waals surface area contributed by atoms with E-state index in [1.54, 1.807) is 0 Å². The molecule has 19 heavy (non-hydrogen) atoms. The molecule has 108 valence electrons. The monoisotopic (exact) mass is 327 g/mol. The Balaban J connectivity index is 2.59. The van der Waals surface area contributed by atoms with Crippen molar-refractivity contribution in [1.82, 2.24) is 5.32 Å². The largest absolute Gasteiger partial charge is 0.310 e. The topological polar surface area (TPSA) is 46.2 Å². The summed E-state index contributed by atoms with van der Waals surface area (Å²) in [4.78, 5) is 0. The van der Waals surface area contributed by atoms with Gasteiger partial charge in [-0.15, -0.1) is 0 Å². The van der Waals surface area contributed by atoms with E-state index in [9.17, 15) is 12.8 Å². The van der Waals surface area contributed by atoms with Gasteiger partial charge in [-0.05, 0) is 37.6 Å². The van der Waals surface area contributed by atoms with Crippen molar-refractivity contribution in [2.45, 2.75) is 19.4 Å². The van der Waals surface area contributed by atoms with Crippen molar-refractivity contribution in [2.24, 2.45) is 0 Å². The Morgan fingerprint density at radius 1 is 1.32 bits per heavy atom. The van der Waals surface area contributed by atoms with E-state index in [1.165, 1.54) is 18.4 Å². The van der Waals surface area contributed by atoms with Gasteiger partial charge in [0, 0.05) is 17.3 Å². The minimum atomic E-state index is -2.95. The average Bonchev–Trinajstić information content (AvgIpc) is 2.28. The highest BCUT2D eigenvalue weighted by Gasteiger charge is 2.13. The number of rotatable bonds is 6. The van der Waals surface area contributed by atoms with Gasteiger partial charge in [0.05, 0.1) is 10.8 Å². The standard InChI is InChI=1S/C12H16Cl2FNO2S/c1-8(16-4-3-5-19(2,17)18)9-6-12(15)11(14)7-10(9)13/h6-8,16H,3-5H2,1-2H3. The molecule has 0 radical (unpaired) electrons. The van der Waals surface area contributed by atoms with Crippen LogP contribution >= 0.6 is 23.2 Å². The lowest BCUT2D eigenvalue weighted by molar-refractivity contribution is 0.556. The van der Waals surface area contributed by atoms with Crippen molar-refractivity contribution in [2.75, 3.05) is 18.6 Å². The molecular weight excluding hydrogens is 312 g/mol. The van der Waals surface area contributed by atoms with Crippen LogP contribution < -0.4 is 5.32 Å². The zero-order chi connectivity index (χ0) is 14.6. The van der Waals surface area contributed by atoms with Crippen molar-refractivity contribution in [3.05, 3.63) is 33.6 Å². The molecular formula is C12H16Cl2FNO2S. The van der Waals surface area contributed by atoms with Gasteiger partial charge in [-0.25, -0.2) is 12.8 Å². The predicted molar refractivity (Wildman–Crippen MR) is 77.2 cm³/mol. The maximum Gasteiger partial charge on any atom is 0.147 e. The lowest BCUT2D eigenvalue weighted by Gasteiger charge is -2.16. The van der Waals surface area contributed by atoms with Gasteiger partial charge in [0.2, 0.25) is 0 Å². The minimum Gasteiger partial charge on any atom is -0.310 e. The van der Waals surface area contributed by atoms with Crippen molar-refractivity contribution < 1.29 is 12.8 Å². The third-order valence-electron chi connectivity index (χ3n) is 2.65. The first kappa shape index (κ1) is 16.7. The summed E-state index contributed by atoms with van der Waals surface area (Å²) in [5, 5.41) is 3.47. The number of hydrogen-bond acceptors (Lipinski definition) is 3. The average molecular weight is 328 g/mol. The number of halogens is 3. The number of sulfone groups is 1. The Morgan fingerprint density at radius 2 is 1.95 bits per heavy atom. The van der Waals surface area contributed by atoms with Crippen LogP contribution in [0.4, 0.5) is 4.39 Å². The summed E-state index contributed by atoms with van der Waals surface area (Å²) in [7, 11) is -2.95. The maximum atomic E-state index is 13.4. The van der Waals surface area contributed by atoms with Gasteiger partial charge in [-0.1, -0.05) is 23.2 Å². The van der Waals surface area contributed by atoms with Crippen LogP contribution in [0.3, 0.4) is 0 Å². The fourth-order valence-corrected chi connectivity index (χ4v) is 2.85. The molecule has 0 saturated carbocycles. The van der Waals surface area contributed by atoms with Crippen LogP contribution in [0.25, 0.3) is 0 Å². The molecule has 0 amide bonds. The zero-order valence-corrected chi connectivity index (χ0v) is 13.0. The van der Waals surface area contributed by atoms with E-state index in [-0.39, 0.29) is 16.8 Å². The molecule has 0 spiro atoms.